The zero-order valence-electron chi connectivity index (χ0n) is 11.7. The largest absolute Gasteiger partial charge is 0.396 e. The van der Waals surface area contributed by atoms with Crippen LogP contribution in [0.25, 0.3) is 0 Å². The van der Waals surface area contributed by atoms with Crippen LogP contribution in [0.15, 0.2) is 53.4 Å². The number of halogens is 1. The molecule has 21 heavy (non-hydrogen) atoms. The molecule has 0 spiro atoms. The molecule has 4 nitrogen and oxygen atoms in total. The van der Waals surface area contributed by atoms with Crippen molar-refractivity contribution < 1.29 is 12.8 Å². The highest BCUT2D eigenvalue weighted by molar-refractivity contribution is 7.89. The molecule has 0 heterocycles. The average molecular weight is 308 g/mol. The van der Waals surface area contributed by atoms with Crippen LogP contribution >= 0.6 is 0 Å². The summed E-state index contributed by atoms with van der Waals surface area (Å²) in [6.07, 6.45) is 0.591. The van der Waals surface area contributed by atoms with Crippen LogP contribution in [0.1, 0.15) is 5.56 Å². The summed E-state index contributed by atoms with van der Waals surface area (Å²) in [6, 6.07) is 13.1. The molecule has 0 saturated carbocycles. The lowest BCUT2D eigenvalue weighted by Crippen LogP contribution is -2.29. The fraction of sp³-hybridized carbons (Fsp3) is 0.200. The van der Waals surface area contributed by atoms with Crippen LogP contribution in [-0.4, -0.2) is 26.3 Å². The maximum atomic E-state index is 13.4. The zero-order valence-corrected chi connectivity index (χ0v) is 12.5. The third kappa shape index (κ3) is 3.59. The lowest BCUT2D eigenvalue weighted by molar-refractivity contribution is 0.472. The van der Waals surface area contributed by atoms with Crippen LogP contribution in [0.5, 0.6) is 0 Å². The highest BCUT2D eigenvalue weighted by Gasteiger charge is 2.21. The van der Waals surface area contributed by atoms with E-state index in [4.69, 9.17) is 5.73 Å². The van der Waals surface area contributed by atoms with E-state index < -0.39 is 15.8 Å². The first-order valence-corrected chi connectivity index (χ1v) is 7.90. The van der Waals surface area contributed by atoms with Gasteiger partial charge in [-0.15, -0.1) is 0 Å². The molecule has 2 aromatic rings. The normalized spacial score (nSPS) is 11.8. The number of sulfonamides is 1. The predicted octanol–water partition coefficient (Wildman–Crippen LogP) is 2.27. The molecular weight excluding hydrogens is 291 g/mol. The Morgan fingerprint density at radius 3 is 2.43 bits per heavy atom. The van der Waals surface area contributed by atoms with Gasteiger partial charge in [0.1, 0.15) is 5.82 Å². The second kappa shape index (κ2) is 6.24. The number of likely N-dealkylation sites (N-methyl/N-ethyl adjacent to an activating group) is 1. The van der Waals surface area contributed by atoms with Crippen LogP contribution in [0, 0.1) is 5.82 Å². The lowest BCUT2D eigenvalue weighted by Gasteiger charge is -2.17. The zero-order chi connectivity index (χ0) is 15.5. The van der Waals surface area contributed by atoms with Gasteiger partial charge in [0.05, 0.1) is 10.6 Å². The first-order chi connectivity index (χ1) is 9.91. The SMILES string of the molecule is CN(CCc1ccccc1)S(=O)(=O)c1ccc(N)c(F)c1. The van der Waals surface area contributed by atoms with E-state index in [1.54, 1.807) is 0 Å². The quantitative estimate of drug-likeness (QED) is 0.862. The highest BCUT2D eigenvalue weighted by Crippen LogP contribution is 2.19. The molecular formula is C15H17FN2O2S. The summed E-state index contributed by atoms with van der Waals surface area (Å²) in [7, 11) is -2.23. The summed E-state index contributed by atoms with van der Waals surface area (Å²) in [5, 5.41) is 0. The molecule has 0 aliphatic carbocycles. The maximum Gasteiger partial charge on any atom is 0.242 e. The Morgan fingerprint density at radius 1 is 1.14 bits per heavy atom. The van der Waals surface area contributed by atoms with E-state index in [2.05, 4.69) is 0 Å². The molecule has 2 N–H and O–H groups in total. The number of benzene rings is 2. The van der Waals surface area contributed by atoms with Crippen molar-refractivity contribution in [1.82, 2.24) is 4.31 Å². The van der Waals surface area contributed by atoms with Crippen LogP contribution < -0.4 is 5.73 Å². The highest BCUT2D eigenvalue weighted by atomic mass is 32.2. The van der Waals surface area contributed by atoms with Crippen molar-refractivity contribution in [2.75, 3.05) is 19.3 Å². The molecule has 0 fully saturated rings. The van der Waals surface area contributed by atoms with E-state index >= 15 is 0 Å². The Morgan fingerprint density at radius 2 is 1.81 bits per heavy atom. The summed E-state index contributed by atoms with van der Waals surface area (Å²) >= 11 is 0. The molecule has 2 rings (SSSR count). The van der Waals surface area contributed by atoms with Gasteiger partial charge in [0.15, 0.2) is 0 Å². The summed E-state index contributed by atoms with van der Waals surface area (Å²) in [5.74, 6) is -0.729. The molecule has 0 aliphatic rings. The van der Waals surface area contributed by atoms with Gasteiger partial charge in [-0.2, -0.15) is 0 Å². The maximum absolute atomic E-state index is 13.4. The molecule has 0 bridgehead atoms. The standard InChI is InChI=1S/C15H17FN2O2S/c1-18(10-9-12-5-3-2-4-6-12)21(19,20)13-7-8-15(17)14(16)11-13/h2-8,11H,9-10,17H2,1H3. The van der Waals surface area contributed by atoms with Crippen molar-refractivity contribution in [3.05, 3.63) is 59.9 Å². The van der Waals surface area contributed by atoms with Crippen molar-refractivity contribution in [2.45, 2.75) is 11.3 Å². The number of nitrogens with zero attached hydrogens (tertiary/aromatic N) is 1. The van der Waals surface area contributed by atoms with E-state index in [1.807, 2.05) is 30.3 Å². The van der Waals surface area contributed by atoms with Gasteiger partial charge in [0, 0.05) is 13.6 Å². The topological polar surface area (TPSA) is 63.4 Å². The van der Waals surface area contributed by atoms with E-state index in [0.29, 0.717) is 13.0 Å². The molecule has 0 amide bonds. The number of hydrogen-bond donors (Lipinski definition) is 1. The van der Waals surface area contributed by atoms with Crippen LogP contribution in [-0.2, 0) is 16.4 Å². The Balaban J connectivity index is 2.13. The fourth-order valence-electron chi connectivity index (χ4n) is 1.90. The number of rotatable bonds is 5. The van der Waals surface area contributed by atoms with Crippen molar-refractivity contribution in [3.63, 3.8) is 0 Å². The number of anilines is 1. The minimum absolute atomic E-state index is 0.0686. The lowest BCUT2D eigenvalue weighted by atomic mass is 10.2. The molecule has 2 aromatic carbocycles. The predicted molar refractivity (Wildman–Crippen MR) is 80.8 cm³/mol. The molecule has 0 atom stereocenters. The first-order valence-electron chi connectivity index (χ1n) is 6.46. The Bertz CT molecular complexity index is 718. The summed E-state index contributed by atoms with van der Waals surface area (Å²) in [6.45, 7) is 0.318. The van der Waals surface area contributed by atoms with Crippen LogP contribution in [0.2, 0.25) is 0 Å². The van der Waals surface area contributed by atoms with Gasteiger partial charge in [-0.05, 0) is 30.2 Å². The minimum Gasteiger partial charge on any atom is -0.396 e. The second-order valence-electron chi connectivity index (χ2n) is 4.75. The average Bonchev–Trinajstić information content (AvgIpc) is 2.48. The Kier molecular flexibility index (Phi) is 4.59. The summed E-state index contributed by atoms with van der Waals surface area (Å²) in [5.41, 5.74) is 6.34. The van der Waals surface area contributed by atoms with Crippen molar-refractivity contribution in [2.24, 2.45) is 0 Å². The van der Waals surface area contributed by atoms with Crippen LogP contribution in [0.3, 0.4) is 0 Å². The van der Waals surface area contributed by atoms with E-state index in [9.17, 15) is 12.8 Å². The first kappa shape index (κ1) is 15.5. The third-order valence-electron chi connectivity index (χ3n) is 3.24. The Hall–Kier alpha value is -1.92. The Labute approximate surface area is 124 Å². The van der Waals surface area contributed by atoms with Gasteiger partial charge in [-0.25, -0.2) is 17.1 Å². The molecule has 0 aromatic heterocycles. The van der Waals surface area contributed by atoms with E-state index in [-0.39, 0.29) is 10.6 Å². The van der Waals surface area contributed by atoms with Gasteiger partial charge in [-0.1, -0.05) is 30.3 Å². The number of hydrogen-bond acceptors (Lipinski definition) is 3. The van der Waals surface area contributed by atoms with Crippen molar-refractivity contribution in [3.8, 4) is 0 Å². The molecule has 6 heteroatoms. The van der Waals surface area contributed by atoms with Crippen LogP contribution in [0.4, 0.5) is 10.1 Å². The molecule has 0 radical (unpaired) electrons. The van der Waals surface area contributed by atoms with Gasteiger partial charge in [-0.3, -0.25) is 0 Å². The fourth-order valence-corrected chi connectivity index (χ4v) is 3.08. The molecule has 0 saturated heterocycles. The third-order valence-corrected chi connectivity index (χ3v) is 5.09. The minimum atomic E-state index is -3.71. The smallest absolute Gasteiger partial charge is 0.242 e. The summed E-state index contributed by atoms with van der Waals surface area (Å²) in [4.78, 5) is -0.0928. The summed E-state index contributed by atoms with van der Waals surface area (Å²) < 4.78 is 39.3. The number of nitrogens with two attached hydrogens (primary N) is 1. The van der Waals surface area contributed by atoms with Gasteiger partial charge >= 0.3 is 0 Å². The molecule has 0 aliphatic heterocycles. The molecule has 112 valence electrons. The number of nitrogen functional groups attached to an aromatic ring is 1. The second-order valence-corrected chi connectivity index (χ2v) is 6.79. The van der Waals surface area contributed by atoms with Gasteiger partial charge in [0.25, 0.3) is 0 Å². The van der Waals surface area contributed by atoms with E-state index in [0.717, 1.165) is 11.6 Å². The molecule has 0 unspecified atom stereocenters. The van der Waals surface area contributed by atoms with Crippen molar-refractivity contribution >= 4 is 15.7 Å². The monoisotopic (exact) mass is 308 g/mol. The van der Waals surface area contributed by atoms with Gasteiger partial charge < -0.3 is 5.73 Å². The van der Waals surface area contributed by atoms with E-state index in [1.165, 1.54) is 23.5 Å². The van der Waals surface area contributed by atoms with Gasteiger partial charge in [0.2, 0.25) is 10.0 Å². The van der Waals surface area contributed by atoms with Crippen molar-refractivity contribution in [1.29, 1.82) is 0 Å².